The zero-order chi connectivity index (χ0) is 16.7. The Bertz CT molecular complexity index is 609. The van der Waals surface area contributed by atoms with E-state index in [2.05, 4.69) is 0 Å². The molecule has 2 aromatic rings. The summed E-state index contributed by atoms with van der Waals surface area (Å²) in [4.78, 5) is 0.431. The zero-order valence-electron chi connectivity index (χ0n) is 12.6. The average molecular weight is 356 g/mol. The van der Waals surface area contributed by atoms with Crippen LogP contribution < -0.4 is 4.74 Å². The van der Waals surface area contributed by atoms with Gasteiger partial charge in [-0.1, -0.05) is 48.2 Å². The Balaban J connectivity index is 1.90. The van der Waals surface area contributed by atoms with Crippen molar-refractivity contribution in [3.63, 3.8) is 0 Å². The molecule has 2 rings (SSSR count). The molecular weight excluding hydrogens is 338 g/mol. The molecule has 0 bridgehead atoms. The number of ether oxygens (including phenoxy) is 1. The highest BCUT2D eigenvalue weighted by atomic mass is 32.2. The average Bonchev–Trinajstić information content (AvgIpc) is 2.56. The van der Waals surface area contributed by atoms with Gasteiger partial charge in [0.05, 0.1) is 18.1 Å². The summed E-state index contributed by atoms with van der Waals surface area (Å²) in [5.41, 5.74) is 1.87. The zero-order valence-corrected chi connectivity index (χ0v) is 14.2. The molecule has 0 heterocycles. The minimum Gasteiger partial charge on any atom is -0.496 e. The van der Waals surface area contributed by atoms with Gasteiger partial charge in [-0.05, 0) is 23.3 Å². The van der Waals surface area contributed by atoms with Crippen molar-refractivity contribution in [3.05, 3.63) is 59.7 Å². The molecule has 0 aromatic heterocycles. The topological polar surface area (TPSA) is 29.5 Å². The van der Waals surface area contributed by atoms with Crippen LogP contribution in [0.4, 0.5) is 8.78 Å². The Morgan fingerprint density at radius 2 is 1.87 bits per heavy atom. The van der Waals surface area contributed by atoms with E-state index < -0.39 is 11.9 Å². The van der Waals surface area contributed by atoms with Crippen LogP contribution in [-0.4, -0.2) is 23.7 Å². The van der Waals surface area contributed by atoms with Crippen LogP contribution in [0.2, 0.25) is 0 Å². The lowest BCUT2D eigenvalue weighted by atomic mass is 10.1. The first kappa shape index (κ1) is 18.1. The molecule has 0 saturated heterocycles. The van der Waals surface area contributed by atoms with E-state index in [1.807, 2.05) is 36.4 Å². The third kappa shape index (κ3) is 5.71. The number of thioether (sulfide) groups is 2. The Morgan fingerprint density at radius 3 is 2.52 bits per heavy atom. The van der Waals surface area contributed by atoms with Gasteiger partial charge in [0.2, 0.25) is 0 Å². The van der Waals surface area contributed by atoms with Crippen molar-refractivity contribution in [2.24, 2.45) is 0 Å². The highest BCUT2D eigenvalue weighted by molar-refractivity contribution is 7.99. The molecule has 1 N–H and O–H groups in total. The van der Waals surface area contributed by atoms with Gasteiger partial charge in [0.15, 0.2) is 0 Å². The van der Waals surface area contributed by atoms with Crippen LogP contribution in [0.3, 0.4) is 0 Å². The van der Waals surface area contributed by atoms with Crippen LogP contribution in [-0.2, 0) is 5.75 Å². The largest absolute Gasteiger partial charge is 0.496 e. The fraction of sp³-hybridized carbons (Fsp3) is 0.294. The predicted molar refractivity (Wildman–Crippen MR) is 92.4 cm³/mol. The second-order valence-corrected chi connectivity index (χ2v) is 6.87. The Hall–Kier alpha value is -1.24. The standard InChI is InChI=1S/C17H18F2O2S2/c1-21-15-9-12(7-8-16(15)23-17(18)19)10-22-11-14(20)13-5-3-2-4-6-13/h2-9,14,17,20H,10-11H2,1H3. The highest BCUT2D eigenvalue weighted by Crippen LogP contribution is 2.35. The number of rotatable bonds is 8. The van der Waals surface area contributed by atoms with Gasteiger partial charge in [0.1, 0.15) is 5.75 Å². The van der Waals surface area contributed by atoms with Crippen LogP contribution in [0.5, 0.6) is 5.75 Å². The van der Waals surface area contributed by atoms with E-state index in [0.29, 0.717) is 33.9 Å². The number of alkyl halides is 2. The molecule has 124 valence electrons. The lowest BCUT2D eigenvalue weighted by Crippen LogP contribution is -2.00. The monoisotopic (exact) mass is 356 g/mol. The molecule has 1 atom stereocenters. The Morgan fingerprint density at radius 1 is 1.13 bits per heavy atom. The number of aliphatic hydroxyl groups is 1. The first-order chi connectivity index (χ1) is 11.1. The maximum Gasteiger partial charge on any atom is 0.289 e. The van der Waals surface area contributed by atoms with Crippen molar-refractivity contribution in [3.8, 4) is 5.75 Å². The molecular formula is C17H18F2O2S2. The lowest BCUT2D eigenvalue weighted by molar-refractivity contribution is 0.204. The number of benzene rings is 2. The van der Waals surface area contributed by atoms with Gasteiger partial charge < -0.3 is 9.84 Å². The van der Waals surface area contributed by atoms with E-state index in [4.69, 9.17) is 4.74 Å². The molecule has 0 saturated carbocycles. The molecule has 6 heteroatoms. The third-order valence-electron chi connectivity index (χ3n) is 3.17. The fourth-order valence-electron chi connectivity index (χ4n) is 2.05. The van der Waals surface area contributed by atoms with Gasteiger partial charge in [-0.3, -0.25) is 0 Å². The van der Waals surface area contributed by atoms with E-state index in [1.165, 1.54) is 7.11 Å². The summed E-state index contributed by atoms with van der Waals surface area (Å²) in [6.07, 6.45) is -0.517. The van der Waals surface area contributed by atoms with Crippen LogP contribution >= 0.6 is 23.5 Å². The van der Waals surface area contributed by atoms with E-state index in [9.17, 15) is 13.9 Å². The molecule has 2 nitrogen and oxygen atoms in total. The molecule has 2 aromatic carbocycles. The summed E-state index contributed by atoms with van der Waals surface area (Å²) in [7, 11) is 1.47. The van der Waals surface area contributed by atoms with E-state index in [-0.39, 0.29) is 0 Å². The van der Waals surface area contributed by atoms with Crippen molar-refractivity contribution >= 4 is 23.5 Å². The van der Waals surface area contributed by atoms with Gasteiger partial charge in [-0.15, -0.1) is 0 Å². The Kier molecular flexibility index (Phi) is 7.20. The van der Waals surface area contributed by atoms with Gasteiger partial charge in [0.25, 0.3) is 5.76 Å². The minimum atomic E-state index is -2.47. The maximum absolute atomic E-state index is 12.5. The summed E-state index contributed by atoms with van der Waals surface area (Å²) in [5.74, 6) is -0.762. The molecule has 0 aliphatic heterocycles. The van der Waals surface area contributed by atoms with E-state index in [0.717, 1.165) is 11.1 Å². The summed E-state index contributed by atoms with van der Waals surface area (Å²) in [5, 5.41) is 10.1. The molecule has 0 aliphatic rings. The number of aliphatic hydroxyl groups excluding tert-OH is 1. The molecule has 0 amide bonds. The predicted octanol–water partition coefficient (Wildman–Crippen LogP) is 4.98. The Labute approximate surface area is 143 Å². The second kappa shape index (κ2) is 9.15. The first-order valence-electron chi connectivity index (χ1n) is 7.02. The second-order valence-electron chi connectivity index (χ2n) is 4.81. The molecule has 0 radical (unpaired) electrons. The molecule has 23 heavy (non-hydrogen) atoms. The lowest BCUT2D eigenvalue weighted by Gasteiger charge is -2.12. The highest BCUT2D eigenvalue weighted by Gasteiger charge is 2.12. The quantitative estimate of drug-likeness (QED) is 0.676. The van der Waals surface area contributed by atoms with Gasteiger partial charge in [-0.25, -0.2) is 0 Å². The number of halogens is 2. The van der Waals surface area contributed by atoms with Gasteiger partial charge in [0, 0.05) is 11.5 Å². The molecule has 0 spiro atoms. The van der Waals surface area contributed by atoms with E-state index in [1.54, 1.807) is 23.9 Å². The molecule has 0 aliphatic carbocycles. The smallest absolute Gasteiger partial charge is 0.289 e. The summed E-state index contributed by atoms with van der Waals surface area (Å²) >= 11 is 2.07. The summed E-state index contributed by atoms with van der Waals surface area (Å²) < 4.78 is 30.1. The minimum absolute atomic E-state index is 0.431. The molecule has 0 fully saturated rings. The van der Waals surface area contributed by atoms with Crippen molar-refractivity contribution in [2.75, 3.05) is 12.9 Å². The van der Waals surface area contributed by atoms with Crippen molar-refractivity contribution in [1.82, 2.24) is 0 Å². The van der Waals surface area contributed by atoms with E-state index >= 15 is 0 Å². The van der Waals surface area contributed by atoms with Crippen molar-refractivity contribution < 1.29 is 18.6 Å². The number of hydrogen-bond donors (Lipinski definition) is 1. The number of methoxy groups -OCH3 is 1. The van der Waals surface area contributed by atoms with Crippen LogP contribution in [0.1, 0.15) is 17.2 Å². The summed E-state index contributed by atoms with van der Waals surface area (Å²) in [6.45, 7) is 0. The maximum atomic E-state index is 12.5. The third-order valence-corrected chi connectivity index (χ3v) is 5.03. The summed E-state index contributed by atoms with van der Waals surface area (Å²) in [6, 6.07) is 14.7. The van der Waals surface area contributed by atoms with Crippen molar-refractivity contribution in [2.45, 2.75) is 22.5 Å². The molecule has 1 unspecified atom stereocenters. The van der Waals surface area contributed by atoms with Crippen LogP contribution in [0.15, 0.2) is 53.4 Å². The van der Waals surface area contributed by atoms with Crippen molar-refractivity contribution in [1.29, 1.82) is 0 Å². The first-order valence-corrected chi connectivity index (χ1v) is 9.06. The van der Waals surface area contributed by atoms with Gasteiger partial charge in [-0.2, -0.15) is 20.5 Å². The van der Waals surface area contributed by atoms with Gasteiger partial charge >= 0.3 is 0 Å². The van der Waals surface area contributed by atoms with Crippen LogP contribution in [0.25, 0.3) is 0 Å². The SMILES string of the molecule is COc1cc(CSCC(O)c2ccccc2)ccc1SC(F)F. The number of hydrogen-bond acceptors (Lipinski definition) is 4. The fourth-order valence-corrected chi connectivity index (χ4v) is 3.60. The van der Waals surface area contributed by atoms with Crippen LogP contribution in [0, 0.1) is 0 Å². The normalized spacial score (nSPS) is 12.4.